The Morgan fingerprint density at radius 1 is 1.08 bits per heavy atom. The Bertz CT molecular complexity index is 364. The van der Waals surface area contributed by atoms with Gasteiger partial charge >= 0.3 is 0 Å². The predicted octanol–water partition coefficient (Wildman–Crippen LogP) is 1.26. The van der Waals surface area contributed by atoms with E-state index in [1.165, 1.54) is 4.79 Å². The Balaban J connectivity index is 2.45. The van der Waals surface area contributed by atoms with Crippen LogP contribution < -0.4 is 5.84 Å². The number of aromatic nitrogens is 2. The highest BCUT2D eigenvalue weighted by molar-refractivity contribution is 5.57. The van der Waals surface area contributed by atoms with Gasteiger partial charge in [-0.2, -0.15) is 9.89 Å². The van der Waals surface area contributed by atoms with E-state index in [1.807, 2.05) is 36.4 Å². The van der Waals surface area contributed by atoms with Gasteiger partial charge in [0.25, 0.3) is 0 Å². The van der Waals surface area contributed by atoms with Crippen LogP contribution in [0.3, 0.4) is 0 Å². The molecular weight excluding hydrogens is 150 g/mol. The molecule has 0 aliphatic carbocycles. The molecule has 60 valence electrons. The maximum Gasteiger partial charge on any atom is 0.0944 e. The van der Waals surface area contributed by atoms with Crippen molar-refractivity contribution in [2.75, 3.05) is 5.84 Å². The molecule has 2 N–H and O–H groups in total. The van der Waals surface area contributed by atoms with Crippen molar-refractivity contribution in [2.24, 2.45) is 0 Å². The number of hydrogen-bond donors (Lipinski definition) is 1. The number of benzene rings is 1. The lowest BCUT2D eigenvalue weighted by molar-refractivity contribution is 0.836. The maximum absolute atomic E-state index is 5.42. The number of nitrogen functional groups attached to an aromatic ring is 1. The van der Waals surface area contributed by atoms with Gasteiger partial charge in [-0.3, -0.25) is 0 Å². The van der Waals surface area contributed by atoms with Crippen molar-refractivity contribution in [2.45, 2.75) is 0 Å². The van der Waals surface area contributed by atoms with Crippen LogP contribution in [0.5, 0.6) is 0 Å². The highest BCUT2D eigenvalue weighted by atomic mass is 15.5. The second-order valence-corrected chi connectivity index (χ2v) is 2.55. The van der Waals surface area contributed by atoms with Crippen molar-refractivity contribution in [3.8, 4) is 11.3 Å². The predicted molar refractivity (Wildman–Crippen MR) is 47.8 cm³/mol. The monoisotopic (exact) mass is 159 g/mol. The van der Waals surface area contributed by atoms with Crippen LogP contribution in [-0.2, 0) is 0 Å². The third-order valence-corrected chi connectivity index (χ3v) is 1.68. The molecule has 0 fully saturated rings. The van der Waals surface area contributed by atoms with Gasteiger partial charge in [0.1, 0.15) is 0 Å². The molecule has 0 spiro atoms. The summed E-state index contributed by atoms with van der Waals surface area (Å²) in [7, 11) is 0. The van der Waals surface area contributed by atoms with E-state index in [0.717, 1.165) is 11.3 Å². The summed E-state index contributed by atoms with van der Waals surface area (Å²) in [5, 5.41) is 4.08. The molecule has 2 rings (SSSR count). The molecule has 0 saturated heterocycles. The van der Waals surface area contributed by atoms with Crippen molar-refractivity contribution in [3.05, 3.63) is 42.6 Å². The molecule has 0 unspecified atom stereocenters. The molecule has 2 aromatic rings. The number of nitrogens with two attached hydrogens (primary N) is 1. The van der Waals surface area contributed by atoms with Crippen LogP contribution in [0.2, 0.25) is 0 Å². The minimum Gasteiger partial charge on any atom is -0.323 e. The van der Waals surface area contributed by atoms with Crippen LogP contribution in [0.1, 0.15) is 0 Å². The zero-order chi connectivity index (χ0) is 8.39. The summed E-state index contributed by atoms with van der Waals surface area (Å²) in [4.78, 5) is 1.31. The van der Waals surface area contributed by atoms with Gasteiger partial charge in [-0.15, -0.1) is 0 Å². The smallest absolute Gasteiger partial charge is 0.0944 e. The van der Waals surface area contributed by atoms with Crippen LogP contribution in [-0.4, -0.2) is 9.89 Å². The van der Waals surface area contributed by atoms with E-state index in [1.54, 1.807) is 6.20 Å². The van der Waals surface area contributed by atoms with Gasteiger partial charge in [0.15, 0.2) is 0 Å². The highest BCUT2D eigenvalue weighted by Crippen LogP contribution is 2.14. The van der Waals surface area contributed by atoms with Crippen LogP contribution in [0.25, 0.3) is 11.3 Å². The lowest BCUT2D eigenvalue weighted by Gasteiger charge is -1.93. The Labute approximate surface area is 70.4 Å². The first kappa shape index (κ1) is 6.91. The Morgan fingerprint density at radius 2 is 1.83 bits per heavy atom. The molecule has 0 radical (unpaired) electrons. The van der Waals surface area contributed by atoms with E-state index in [9.17, 15) is 0 Å². The maximum atomic E-state index is 5.42. The summed E-state index contributed by atoms with van der Waals surface area (Å²) < 4.78 is 0. The topological polar surface area (TPSA) is 43.8 Å². The molecule has 1 aromatic carbocycles. The van der Waals surface area contributed by atoms with E-state index < -0.39 is 0 Å². The fourth-order valence-corrected chi connectivity index (χ4v) is 1.10. The van der Waals surface area contributed by atoms with Crippen molar-refractivity contribution in [1.82, 2.24) is 9.89 Å². The van der Waals surface area contributed by atoms with Gasteiger partial charge in [-0.25, -0.2) is 0 Å². The molecule has 0 aliphatic heterocycles. The zero-order valence-electron chi connectivity index (χ0n) is 6.51. The third kappa shape index (κ3) is 1.16. The molecule has 0 bridgehead atoms. The number of nitrogens with zero attached hydrogens (tertiary/aromatic N) is 2. The van der Waals surface area contributed by atoms with E-state index in [2.05, 4.69) is 5.10 Å². The van der Waals surface area contributed by atoms with Gasteiger partial charge < -0.3 is 5.84 Å². The quantitative estimate of drug-likeness (QED) is 0.636. The second kappa shape index (κ2) is 2.70. The largest absolute Gasteiger partial charge is 0.323 e. The van der Waals surface area contributed by atoms with Crippen molar-refractivity contribution in [1.29, 1.82) is 0 Å². The van der Waals surface area contributed by atoms with Gasteiger partial charge in [0.2, 0.25) is 0 Å². The van der Waals surface area contributed by atoms with Crippen molar-refractivity contribution < 1.29 is 0 Å². The highest BCUT2D eigenvalue weighted by Gasteiger charge is 1.97. The molecule has 0 amide bonds. The summed E-state index contributed by atoms with van der Waals surface area (Å²) in [6, 6.07) is 11.8. The van der Waals surface area contributed by atoms with Crippen LogP contribution in [0.4, 0.5) is 0 Å². The summed E-state index contributed by atoms with van der Waals surface area (Å²) >= 11 is 0. The first-order chi connectivity index (χ1) is 5.86. The van der Waals surface area contributed by atoms with E-state index in [-0.39, 0.29) is 0 Å². The van der Waals surface area contributed by atoms with Gasteiger partial charge in [0, 0.05) is 11.8 Å². The molecule has 0 saturated carbocycles. The van der Waals surface area contributed by atoms with Crippen molar-refractivity contribution >= 4 is 0 Å². The average molecular weight is 159 g/mol. The van der Waals surface area contributed by atoms with Crippen LogP contribution in [0.15, 0.2) is 42.6 Å². The lowest BCUT2D eigenvalue weighted by atomic mass is 10.2. The standard InChI is InChI=1S/C9H9N3/c10-12-7-6-9(11-12)8-4-2-1-3-5-8/h1-7H,10H2. The fraction of sp³-hybridized carbons (Fsp3) is 0. The summed E-state index contributed by atoms with van der Waals surface area (Å²) in [5.74, 6) is 5.42. The summed E-state index contributed by atoms with van der Waals surface area (Å²) in [5.41, 5.74) is 1.99. The summed E-state index contributed by atoms with van der Waals surface area (Å²) in [6.45, 7) is 0. The van der Waals surface area contributed by atoms with Gasteiger partial charge in [-0.1, -0.05) is 30.3 Å². The average Bonchev–Trinajstić information content (AvgIpc) is 2.54. The van der Waals surface area contributed by atoms with Crippen molar-refractivity contribution in [3.63, 3.8) is 0 Å². The zero-order valence-corrected chi connectivity index (χ0v) is 6.51. The molecule has 12 heavy (non-hydrogen) atoms. The SMILES string of the molecule is Nn1ccc(-c2ccccc2)n1. The molecule has 1 heterocycles. The Morgan fingerprint density at radius 3 is 2.42 bits per heavy atom. The second-order valence-electron chi connectivity index (χ2n) is 2.55. The number of hydrogen-bond acceptors (Lipinski definition) is 2. The molecular formula is C9H9N3. The van der Waals surface area contributed by atoms with Crippen LogP contribution in [0, 0.1) is 0 Å². The number of rotatable bonds is 1. The molecule has 0 atom stereocenters. The lowest BCUT2D eigenvalue weighted by Crippen LogP contribution is -2.07. The molecule has 3 heteroatoms. The Kier molecular flexibility index (Phi) is 1.55. The van der Waals surface area contributed by atoms with E-state index in [4.69, 9.17) is 5.84 Å². The molecule has 0 aliphatic rings. The fourth-order valence-electron chi connectivity index (χ4n) is 1.10. The molecule has 3 nitrogen and oxygen atoms in total. The van der Waals surface area contributed by atoms with Gasteiger partial charge in [-0.05, 0) is 6.07 Å². The third-order valence-electron chi connectivity index (χ3n) is 1.68. The van der Waals surface area contributed by atoms with Gasteiger partial charge in [0.05, 0.1) is 5.69 Å². The van der Waals surface area contributed by atoms with E-state index in [0.29, 0.717) is 0 Å². The first-order valence-electron chi connectivity index (χ1n) is 3.72. The Hall–Kier alpha value is -1.77. The normalized spacial score (nSPS) is 10.0. The minimum absolute atomic E-state index is 0.901. The van der Waals surface area contributed by atoms with E-state index >= 15 is 0 Å². The first-order valence-corrected chi connectivity index (χ1v) is 3.72. The summed E-state index contributed by atoms with van der Waals surface area (Å²) in [6.07, 6.45) is 1.72. The molecule has 1 aromatic heterocycles. The van der Waals surface area contributed by atoms with Crippen LogP contribution >= 0.6 is 0 Å². The minimum atomic E-state index is 0.901.